The molecule has 110 valence electrons. The van der Waals surface area contributed by atoms with Crippen molar-refractivity contribution in [2.24, 2.45) is 7.05 Å². The van der Waals surface area contributed by atoms with Crippen LogP contribution in [0.25, 0.3) is 0 Å². The lowest BCUT2D eigenvalue weighted by Crippen LogP contribution is -2.36. The third kappa shape index (κ3) is 3.94. The second-order valence-corrected chi connectivity index (χ2v) is 4.62. The number of amides is 1. The van der Waals surface area contributed by atoms with E-state index in [9.17, 15) is 14.4 Å². The first-order chi connectivity index (χ1) is 9.36. The normalized spacial score (nSPS) is 11.8. The second-order valence-electron chi connectivity index (χ2n) is 4.62. The van der Waals surface area contributed by atoms with Gasteiger partial charge in [-0.25, -0.2) is 4.79 Å². The number of hydrogen-bond donors (Lipinski definition) is 1. The largest absolute Gasteiger partial charge is 0.448 e. The number of carbonyl (C=O) groups is 3. The highest BCUT2D eigenvalue weighted by atomic mass is 16.5. The predicted molar refractivity (Wildman–Crippen MR) is 73.6 cm³/mol. The van der Waals surface area contributed by atoms with Gasteiger partial charge in [-0.1, -0.05) is 6.92 Å². The summed E-state index contributed by atoms with van der Waals surface area (Å²) in [5.74, 6) is -1.09. The molecule has 0 bridgehead atoms. The molecule has 0 aliphatic heterocycles. The fourth-order valence-corrected chi connectivity index (χ4v) is 1.63. The number of nitrogens with zero attached hydrogens (tertiary/aromatic N) is 1. The molecule has 0 saturated carbocycles. The van der Waals surface area contributed by atoms with Crippen molar-refractivity contribution in [2.75, 3.05) is 6.54 Å². The number of ether oxygens (including phenoxy) is 1. The Balaban J connectivity index is 2.71. The van der Waals surface area contributed by atoms with Crippen molar-refractivity contribution in [3.8, 4) is 0 Å². The van der Waals surface area contributed by atoms with Crippen molar-refractivity contribution < 1.29 is 19.1 Å². The van der Waals surface area contributed by atoms with Crippen molar-refractivity contribution in [1.82, 2.24) is 9.88 Å². The average molecular weight is 280 g/mol. The summed E-state index contributed by atoms with van der Waals surface area (Å²) in [5, 5.41) is 2.65. The second kappa shape index (κ2) is 6.88. The quantitative estimate of drug-likeness (QED) is 0.629. The Morgan fingerprint density at radius 2 is 2.05 bits per heavy atom. The zero-order chi connectivity index (χ0) is 15.3. The van der Waals surface area contributed by atoms with E-state index in [-0.39, 0.29) is 17.4 Å². The molecule has 0 aromatic carbocycles. The van der Waals surface area contributed by atoms with Crippen LogP contribution in [-0.2, 0) is 16.6 Å². The summed E-state index contributed by atoms with van der Waals surface area (Å²) in [4.78, 5) is 34.8. The van der Waals surface area contributed by atoms with E-state index in [0.717, 1.165) is 6.42 Å². The van der Waals surface area contributed by atoms with Crippen molar-refractivity contribution in [3.63, 3.8) is 0 Å². The summed E-state index contributed by atoms with van der Waals surface area (Å²) < 4.78 is 6.60. The Morgan fingerprint density at radius 1 is 1.40 bits per heavy atom. The van der Waals surface area contributed by atoms with Gasteiger partial charge in [0.05, 0.1) is 0 Å². The highest BCUT2D eigenvalue weighted by Crippen LogP contribution is 2.10. The number of aromatic nitrogens is 1. The van der Waals surface area contributed by atoms with Gasteiger partial charge in [0.2, 0.25) is 0 Å². The lowest BCUT2D eigenvalue weighted by atomic mass is 10.2. The Bertz CT molecular complexity index is 519. The molecule has 1 amide bonds. The third-order valence-corrected chi connectivity index (χ3v) is 2.82. The predicted octanol–water partition coefficient (Wildman–Crippen LogP) is 1.30. The summed E-state index contributed by atoms with van der Waals surface area (Å²) in [6, 6.07) is 1.46. The SMILES string of the molecule is CCCNC(=O)[C@H](C)OC(=O)c1cc(C(C)=O)cn1C. The number of hydrogen-bond acceptors (Lipinski definition) is 4. The molecule has 1 heterocycles. The number of rotatable bonds is 6. The van der Waals surface area contributed by atoms with Crippen molar-refractivity contribution >= 4 is 17.7 Å². The number of ketones is 1. The maximum atomic E-state index is 12.0. The number of carbonyl (C=O) groups excluding carboxylic acids is 3. The summed E-state index contributed by atoms with van der Waals surface area (Å²) in [7, 11) is 1.64. The molecule has 1 aromatic heterocycles. The van der Waals surface area contributed by atoms with Gasteiger partial charge in [0.25, 0.3) is 5.91 Å². The molecule has 6 heteroatoms. The highest BCUT2D eigenvalue weighted by Gasteiger charge is 2.21. The van der Waals surface area contributed by atoms with E-state index in [1.807, 2.05) is 6.92 Å². The number of Topliss-reactive ketones (excluding diaryl/α,β-unsaturated/α-hetero) is 1. The molecule has 0 radical (unpaired) electrons. The van der Waals surface area contributed by atoms with E-state index in [4.69, 9.17) is 4.74 Å². The molecule has 0 aliphatic carbocycles. The van der Waals surface area contributed by atoms with Crippen LogP contribution in [0, 0.1) is 0 Å². The van der Waals surface area contributed by atoms with Crippen LogP contribution in [0.3, 0.4) is 0 Å². The molecule has 0 fully saturated rings. The van der Waals surface area contributed by atoms with E-state index in [1.165, 1.54) is 24.5 Å². The fourth-order valence-electron chi connectivity index (χ4n) is 1.63. The van der Waals surface area contributed by atoms with Gasteiger partial charge in [-0.3, -0.25) is 9.59 Å². The molecule has 6 nitrogen and oxygen atoms in total. The van der Waals surface area contributed by atoms with Gasteiger partial charge in [-0.05, 0) is 26.3 Å². The zero-order valence-electron chi connectivity index (χ0n) is 12.2. The van der Waals surface area contributed by atoms with Crippen molar-refractivity contribution in [2.45, 2.75) is 33.3 Å². The van der Waals surface area contributed by atoms with Gasteiger partial charge >= 0.3 is 5.97 Å². The van der Waals surface area contributed by atoms with Crippen LogP contribution < -0.4 is 5.32 Å². The minimum atomic E-state index is -0.871. The van der Waals surface area contributed by atoms with Gasteiger partial charge < -0.3 is 14.6 Å². The first kappa shape index (κ1) is 15.9. The lowest BCUT2D eigenvalue weighted by Gasteiger charge is -2.13. The molecule has 1 N–H and O–H groups in total. The van der Waals surface area contributed by atoms with E-state index in [0.29, 0.717) is 12.1 Å². The molecule has 0 aliphatic rings. The summed E-state index contributed by atoms with van der Waals surface area (Å²) in [6.45, 7) is 5.41. The Kier molecular flexibility index (Phi) is 5.49. The smallest absolute Gasteiger partial charge is 0.355 e. The summed E-state index contributed by atoms with van der Waals surface area (Å²) in [6.07, 6.45) is 1.50. The minimum absolute atomic E-state index is 0.131. The molecule has 0 spiro atoms. The van der Waals surface area contributed by atoms with Gasteiger partial charge in [0.15, 0.2) is 11.9 Å². The Labute approximate surface area is 118 Å². The minimum Gasteiger partial charge on any atom is -0.448 e. The Morgan fingerprint density at radius 3 is 2.55 bits per heavy atom. The number of aryl methyl sites for hydroxylation is 1. The first-order valence-corrected chi connectivity index (χ1v) is 6.52. The van der Waals surface area contributed by atoms with E-state index < -0.39 is 12.1 Å². The van der Waals surface area contributed by atoms with E-state index in [1.54, 1.807) is 13.2 Å². The van der Waals surface area contributed by atoms with Crippen LogP contribution in [0.1, 0.15) is 48.0 Å². The molecule has 1 aromatic rings. The van der Waals surface area contributed by atoms with Crippen LogP contribution in [0.15, 0.2) is 12.3 Å². The molecule has 0 saturated heterocycles. The third-order valence-electron chi connectivity index (χ3n) is 2.82. The average Bonchev–Trinajstić information content (AvgIpc) is 2.78. The molecule has 1 rings (SSSR count). The molecule has 1 atom stereocenters. The van der Waals surface area contributed by atoms with Crippen LogP contribution in [0.5, 0.6) is 0 Å². The van der Waals surface area contributed by atoms with E-state index in [2.05, 4.69) is 5.32 Å². The van der Waals surface area contributed by atoms with Gasteiger partial charge in [0, 0.05) is 25.4 Å². The zero-order valence-corrected chi connectivity index (χ0v) is 12.2. The lowest BCUT2D eigenvalue weighted by molar-refractivity contribution is -0.129. The molecule has 20 heavy (non-hydrogen) atoms. The summed E-state index contributed by atoms with van der Waals surface area (Å²) >= 11 is 0. The summed E-state index contributed by atoms with van der Waals surface area (Å²) in [5.41, 5.74) is 0.674. The van der Waals surface area contributed by atoms with Crippen LogP contribution in [0.4, 0.5) is 0 Å². The standard InChI is InChI=1S/C14H20N2O4/c1-5-6-15-13(18)10(3)20-14(19)12-7-11(9(2)17)8-16(12)4/h7-8,10H,5-6H2,1-4H3,(H,15,18)/t10-/m0/s1. The van der Waals surface area contributed by atoms with E-state index >= 15 is 0 Å². The van der Waals surface area contributed by atoms with Crippen LogP contribution in [-0.4, -0.2) is 34.9 Å². The topological polar surface area (TPSA) is 77.4 Å². The monoisotopic (exact) mass is 280 g/mol. The van der Waals surface area contributed by atoms with Gasteiger partial charge in [0.1, 0.15) is 5.69 Å². The maximum absolute atomic E-state index is 12.0. The van der Waals surface area contributed by atoms with Gasteiger partial charge in [-0.15, -0.1) is 0 Å². The van der Waals surface area contributed by atoms with Crippen LogP contribution >= 0.6 is 0 Å². The van der Waals surface area contributed by atoms with Crippen molar-refractivity contribution in [1.29, 1.82) is 0 Å². The molecule has 0 unspecified atom stereocenters. The molecular formula is C14H20N2O4. The van der Waals surface area contributed by atoms with Crippen LogP contribution in [0.2, 0.25) is 0 Å². The Hall–Kier alpha value is -2.11. The van der Waals surface area contributed by atoms with Crippen molar-refractivity contribution in [3.05, 3.63) is 23.5 Å². The first-order valence-electron chi connectivity index (χ1n) is 6.52. The fraction of sp³-hybridized carbons (Fsp3) is 0.500. The number of nitrogens with one attached hydrogen (secondary N) is 1. The highest BCUT2D eigenvalue weighted by molar-refractivity contribution is 5.98. The molecular weight excluding hydrogens is 260 g/mol. The maximum Gasteiger partial charge on any atom is 0.355 e. The van der Waals surface area contributed by atoms with Gasteiger partial charge in [-0.2, -0.15) is 0 Å². The number of esters is 1.